The van der Waals surface area contributed by atoms with Crippen molar-refractivity contribution in [2.45, 2.75) is 11.8 Å². The molecule has 1 aliphatic heterocycles. The van der Waals surface area contributed by atoms with Crippen LogP contribution in [0.15, 0.2) is 71.6 Å². The number of nitrogens with zero attached hydrogens (tertiary/aromatic N) is 2. The first-order chi connectivity index (χ1) is 16.3. The first kappa shape index (κ1) is 23.9. The molecule has 1 amide bonds. The van der Waals surface area contributed by atoms with E-state index in [1.54, 1.807) is 42.3 Å². The number of hydrogen-bond donors (Lipinski definition) is 1. The lowest BCUT2D eigenvalue weighted by Crippen LogP contribution is -2.48. The van der Waals surface area contributed by atoms with Gasteiger partial charge in [-0.05, 0) is 61.5 Å². The van der Waals surface area contributed by atoms with Gasteiger partial charge < -0.3 is 14.5 Å². The number of benzene rings is 3. The molecular weight excluding hydrogens is 474 g/mol. The van der Waals surface area contributed by atoms with Gasteiger partial charge in [-0.25, -0.2) is 8.42 Å². The van der Waals surface area contributed by atoms with Gasteiger partial charge in [0.25, 0.3) is 15.9 Å². The zero-order valence-corrected chi connectivity index (χ0v) is 20.6. The van der Waals surface area contributed by atoms with Gasteiger partial charge in [0.2, 0.25) is 0 Å². The van der Waals surface area contributed by atoms with Crippen LogP contribution in [0.25, 0.3) is 0 Å². The summed E-state index contributed by atoms with van der Waals surface area (Å²) in [5, 5.41) is 0.279. The molecule has 0 saturated carbocycles. The minimum absolute atomic E-state index is 0.149. The molecule has 1 N–H and O–H groups in total. The van der Waals surface area contributed by atoms with E-state index in [0.717, 1.165) is 17.0 Å². The number of piperazine rings is 1. The molecule has 1 saturated heterocycles. The fourth-order valence-corrected chi connectivity index (χ4v) is 5.06. The van der Waals surface area contributed by atoms with Crippen LogP contribution in [0.5, 0.6) is 5.75 Å². The van der Waals surface area contributed by atoms with Gasteiger partial charge in [0.1, 0.15) is 5.75 Å². The molecule has 3 aromatic rings. The molecule has 1 heterocycles. The molecule has 9 heteroatoms. The highest BCUT2D eigenvalue weighted by Gasteiger charge is 2.25. The number of methoxy groups -OCH3 is 1. The van der Waals surface area contributed by atoms with Crippen LogP contribution < -0.4 is 14.4 Å². The van der Waals surface area contributed by atoms with E-state index in [4.69, 9.17) is 16.3 Å². The Balaban J connectivity index is 1.45. The van der Waals surface area contributed by atoms with E-state index in [2.05, 4.69) is 9.62 Å². The second-order valence-electron chi connectivity index (χ2n) is 8.09. The van der Waals surface area contributed by atoms with Crippen molar-refractivity contribution >= 4 is 38.9 Å². The smallest absolute Gasteiger partial charge is 0.261 e. The molecule has 178 valence electrons. The molecule has 0 bridgehead atoms. The quantitative estimate of drug-likeness (QED) is 0.543. The summed E-state index contributed by atoms with van der Waals surface area (Å²) in [5.74, 6) is 0.570. The van der Waals surface area contributed by atoms with Gasteiger partial charge in [0.15, 0.2) is 0 Å². The Hall–Kier alpha value is -3.23. The third-order valence-electron chi connectivity index (χ3n) is 5.78. The fraction of sp³-hybridized carbons (Fsp3) is 0.240. The lowest BCUT2D eigenvalue weighted by molar-refractivity contribution is 0.0747. The summed E-state index contributed by atoms with van der Waals surface area (Å²) >= 11 is 6.32. The van der Waals surface area contributed by atoms with Gasteiger partial charge >= 0.3 is 0 Å². The number of halogens is 1. The normalized spacial score (nSPS) is 14.1. The zero-order valence-electron chi connectivity index (χ0n) is 19.0. The minimum atomic E-state index is -3.79. The second-order valence-corrected chi connectivity index (χ2v) is 10.2. The average molecular weight is 500 g/mol. The zero-order chi connectivity index (χ0) is 24.3. The van der Waals surface area contributed by atoms with E-state index in [1.165, 1.54) is 12.1 Å². The number of hydrogen-bond acceptors (Lipinski definition) is 5. The van der Waals surface area contributed by atoms with E-state index < -0.39 is 10.0 Å². The molecule has 34 heavy (non-hydrogen) atoms. The number of amides is 1. The second kappa shape index (κ2) is 9.95. The molecule has 3 aromatic carbocycles. The highest BCUT2D eigenvalue weighted by atomic mass is 35.5. The van der Waals surface area contributed by atoms with Crippen LogP contribution in [0.2, 0.25) is 5.02 Å². The topological polar surface area (TPSA) is 79.0 Å². The molecule has 0 aliphatic carbocycles. The lowest BCUT2D eigenvalue weighted by Gasteiger charge is -2.36. The van der Waals surface area contributed by atoms with Crippen molar-refractivity contribution < 1.29 is 17.9 Å². The Morgan fingerprint density at radius 1 is 0.941 bits per heavy atom. The minimum Gasteiger partial charge on any atom is -0.497 e. The number of anilines is 2. The maximum absolute atomic E-state index is 13.2. The van der Waals surface area contributed by atoms with Gasteiger partial charge in [-0.2, -0.15) is 0 Å². The van der Waals surface area contributed by atoms with Crippen molar-refractivity contribution in [3.63, 3.8) is 0 Å². The monoisotopic (exact) mass is 499 g/mol. The predicted octanol–water partition coefficient (Wildman–Crippen LogP) is 4.42. The van der Waals surface area contributed by atoms with Gasteiger partial charge in [-0.3, -0.25) is 9.52 Å². The van der Waals surface area contributed by atoms with Crippen LogP contribution in [0.1, 0.15) is 15.9 Å². The molecule has 7 nitrogen and oxygen atoms in total. The van der Waals surface area contributed by atoms with Gasteiger partial charge in [0.05, 0.1) is 22.6 Å². The third-order valence-corrected chi connectivity index (χ3v) is 7.51. The molecule has 0 unspecified atom stereocenters. The molecule has 0 aromatic heterocycles. The maximum Gasteiger partial charge on any atom is 0.261 e. The highest BCUT2D eigenvalue weighted by Crippen LogP contribution is 2.26. The van der Waals surface area contributed by atoms with Crippen molar-refractivity contribution in [1.82, 2.24) is 4.90 Å². The number of aryl methyl sites for hydroxylation is 1. The summed E-state index contributed by atoms with van der Waals surface area (Å²) in [5.41, 5.74) is 2.58. The van der Waals surface area contributed by atoms with Crippen LogP contribution in [0, 0.1) is 6.92 Å². The summed E-state index contributed by atoms with van der Waals surface area (Å²) < 4.78 is 33.2. The summed E-state index contributed by atoms with van der Waals surface area (Å²) in [6.07, 6.45) is 0. The third kappa shape index (κ3) is 5.29. The Morgan fingerprint density at radius 2 is 1.59 bits per heavy atom. The number of ether oxygens (including phenoxy) is 1. The molecular formula is C25H26ClN3O4S. The SMILES string of the molecule is COc1ccc(N2CCN(C(=O)c3cc(NS(=O)(=O)c4ccc(C)cc4)ccc3Cl)CC2)cc1. The van der Waals surface area contributed by atoms with E-state index in [0.29, 0.717) is 26.2 Å². The van der Waals surface area contributed by atoms with Gasteiger partial charge in [-0.15, -0.1) is 0 Å². The number of carbonyl (C=O) groups is 1. The van der Waals surface area contributed by atoms with Crippen LogP contribution in [-0.2, 0) is 10.0 Å². The summed E-state index contributed by atoms with van der Waals surface area (Å²) in [7, 11) is -2.15. The predicted molar refractivity (Wildman–Crippen MR) is 135 cm³/mol. The van der Waals surface area contributed by atoms with Crippen LogP contribution in [-0.4, -0.2) is 52.5 Å². The molecule has 1 aliphatic rings. The fourth-order valence-electron chi connectivity index (χ4n) is 3.82. The van der Waals surface area contributed by atoms with E-state index >= 15 is 0 Å². The van der Waals surface area contributed by atoms with Crippen LogP contribution >= 0.6 is 11.6 Å². The van der Waals surface area contributed by atoms with E-state index in [-0.39, 0.29) is 27.1 Å². The molecule has 0 spiro atoms. The average Bonchev–Trinajstić information content (AvgIpc) is 2.85. The summed E-state index contributed by atoms with van der Waals surface area (Å²) in [4.78, 5) is 17.3. The lowest BCUT2D eigenvalue weighted by atomic mass is 10.1. The largest absolute Gasteiger partial charge is 0.497 e. The Kier molecular flexibility index (Phi) is 7.00. The van der Waals surface area contributed by atoms with Crippen molar-refractivity contribution in [3.8, 4) is 5.75 Å². The first-order valence-corrected chi connectivity index (χ1v) is 12.7. The number of carbonyl (C=O) groups excluding carboxylic acids is 1. The van der Waals surface area contributed by atoms with Crippen LogP contribution in [0.3, 0.4) is 0 Å². The van der Waals surface area contributed by atoms with E-state index in [9.17, 15) is 13.2 Å². The number of nitrogens with one attached hydrogen (secondary N) is 1. The van der Waals surface area contributed by atoms with Crippen molar-refractivity contribution in [2.24, 2.45) is 0 Å². The van der Waals surface area contributed by atoms with E-state index in [1.807, 2.05) is 31.2 Å². The summed E-state index contributed by atoms with van der Waals surface area (Å²) in [6, 6.07) is 18.9. The summed E-state index contributed by atoms with van der Waals surface area (Å²) in [6.45, 7) is 4.30. The first-order valence-electron chi connectivity index (χ1n) is 10.8. The Morgan fingerprint density at radius 3 is 2.21 bits per heavy atom. The highest BCUT2D eigenvalue weighted by molar-refractivity contribution is 7.92. The molecule has 1 fully saturated rings. The van der Waals surface area contributed by atoms with Gasteiger partial charge in [0, 0.05) is 37.6 Å². The standard InChI is InChI=1S/C25H26ClN3O4S/c1-18-3-10-22(11-4-18)34(31,32)27-19-5-12-24(26)23(17-19)25(30)29-15-13-28(14-16-29)20-6-8-21(33-2)9-7-20/h3-12,17,27H,13-16H2,1-2H3. The van der Waals surface area contributed by atoms with Crippen molar-refractivity contribution in [3.05, 3.63) is 82.9 Å². The molecule has 0 radical (unpaired) electrons. The van der Waals surface area contributed by atoms with Crippen molar-refractivity contribution in [2.75, 3.05) is 42.9 Å². The van der Waals surface area contributed by atoms with Gasteiger partial charge in [-0.1, -0.05) is 29.3 Å². The van der Waals surface area contributed by atoms with Crippen LogP contribution in [0.4, 0.5) is 11.4 Å². The Bertz CT molecular complexity index is 1270. The molecule has 0 atom stereocenters. The number of rotatable bonds is 6. The number of sulfonamides is 1. The molecule has 4 rings (SSSR count). The Labute approximate surface area is 205 Å². The van der Waals surface area contributed by atoms with Crippen molar-refractivity contribution in [1.29, 1.82) is 0 Å². The maximum atomic E-state index is 13.2.